The fraction of sp³-hybridized carbons (Fsp3) is 0.385. The molecular weight excluding hydrogens is 574 g/mol. The summed E-state index contributed by atoms with van der Waals surface area (Å²) in [6, 6.07) is 7.54. The maximum atomic E-state index is 12.6. The van der Waals surface area contributed by atoms with Crippen LogP contribution in [0, 0.1) is 0 Å². The van der Waals surface area contributed by atoms with Gasteiger partial charge in [0.25, 0.3) is 0 Å². The van der Waals surface area contributed by atoms with Crippen LogP contribution in [-0.2, 0) is 27.3 Å². The lowest BCUT2D eigenvalue weighted by Crippen LogP contribution is -2.39. The van der Waals surface area contributed by atoms with Crippen LogP contribution in [0.3, 0.4) is 0 Å². The molecule has 0 aliphatic carbocycles. The van der Waals surface area contributed by atoms with Gasteiger partial charge in [-0.3, -0.25) is 4.79 Å². The van der Waals surface area contributed by atoms with Crippen molar-refractivity contribution in [1.29, 1.82) is 0 Å². The van der Waals surface area contributed by atoms with Gasteiger partial charge in [0.2, 0.25) is 5.91 Å². The Hall–Kier alpha value is -2.31. The van der Waals surface area contributed by atoms with Crippen molar-refractivity contribution < 1.29 is 14.3 Å². The third-order valence-electron chi connectivity index (χ3n) is 6.55. The monoisotopic (exact) mass is 599 g/mol. The number of rotatable bonds is 5. The van der Waals surface area contributed by atoms with Gasteiger partial charge in [-0.05, 0) is 43.7 Å². The maximum Gasteiger partial charge on any atom is 0.234 e. The highest BCUT2D eigenvalue weighted by atomic mass is 79.9. The summed E-state index contributed by atoms with van der Waals surface area (Å²) in [6.45, 7) is 7.81. The van der Waals surface area contributed by atoms with E-state index in [9.17, 15) is 4.79 Å². The number of benzene rings is 1. The van der Waals surface area contributed by atoms with Crippen LogP contribution < -0.4 is 10.2 Å². The zero-order valence-electron chi connectivity index (χ0n) is 20.5. The van der Waals surface area contributed by atoms with Crippen molar-refractivity contribution in [3.63, 3.8) is 0 Å². The Bertz CT molecular complexity index is 1490. The molecule has 8 nitrogen and oxygen atoms in total. The quantitative estimate of drug-likeness (QED) is 0.240. The molecule has 0 saturated carbocycles. The highest BCUT2D eigenvalue weighted by Gasteiger charge is 2.33. The molecule has 1 amide bonds. The fourth-order valence-corrected chi connectivity index (χ4v) is 7.07. The van der Waals surface area contributed by atoms with Gasteiger partial charge in [0, 0.05) is 40.6 Å². The predicted molar refractivity (Wildman–Crippen MR) is 152 cm³/mol. The molecule has 0 atom stereocenters. The highest BCUT2D eigenvalue weighted by Crippen LogP contribution is 2.44. The van der Waals surface area contributed by atoms with Crippen molar-refractivity contribution in [3.05, 3.63) is 46.2 Å². The Balaban J connectivity index is 1.36. The number of carbonyl (C=O) groups is 1. The number of nitrogens with zero attached hydrogens (tertiary/aromatic N) is 4. The molecule has 5 heterocycles. The standard InChI is InChI=1S/C26H26BrN5O3S2/c1-26(2)11-17-18(12-35-26)23(32-7-9-34-10-8-32)31-24-20(17)21-22(37-24)25(29-14-28-21)36-13-19(33)30-16-5-3-15(27)4-6-16/h3-6,14H,7-13H2,1-2H3,(H,30,33). The molecule has 1 saturated heterocycles. The van der Waals surface area contributed by atoms with Gasteiger partial charge in [-0.25, -0.2) is 15.0 Å². The van der Waals surface area contributed by atoms with E-state index in [1.807, 2.05) is 24.3 Å². The number of thiophene rings is 1. The van der Waals surface area contributed by atoms with Crippen molar-refractivity contribution in [2.45, 2.75) is 37.5 Å². The summed E-state index contributed by atoms with van der Waals surface area (Å²) in [5, 5.41) is 4.83. The van der Waals surface area contributed by atoms with Crippen LogP contribution >= 0.6 is 39.0 Å². The second-order valence-corrected chi connectivity index (χ2v) is 12.6. The number of amides is 1. The topological polar surface area (TPSA) is 89.5 Å². The van der Waals surface area contributed by atoms with Gasteiger partial charge in [-0.15, -0.1) is 11.3 Å². The van der Waals surface area contributed by atoms with Crippen LogP contribution in [0.25, 0.3) is 20.4 Å². The average Bonchev–Trinajstić information content (AvgIpc) is 3.28. The number of ether oxygens (including phenoxy) is 2. The fourth-order valence-electron chi connectivity index (χ4n) is 4.77. The Morgan fingerprint density at radius 3 is 2.76 bits per heavy atom. The molecular formula is C26H26BrN5O3S2. The minimum atomic E-state index is -0.270. The maximum absolute atomic E-state index is 12.6. The van der Waals surface area contributed by atoms with E-state index in [2.05, 4.69) is 45.0 Å². The van der Waals surface area contributed by atoms with Crippen LogP contribution in [0.4, 0.5) is 11.5 Å². The number of hydrogen-bond donors (Lipinski definition) is 1. The van der Waals surface area contributed by atoms with Crippen molar-refractivity contribution in [1.82, 2.24) is 15.0 Å². The van der Waals surface area contributed by atoms with Crippen molar-refractivity contribution >= 4 is 76.9 Å². The molecule has 0 spiro atoms. The van der Waals surface area contributed by atoms with Crippen molar-refractivity contribution in [3.8, 4) is 0 Å². The van der Waals surface area contributed by atoms with Crippen LogP contribution in [0.1, 0.15) is 25.0 Å². The lowest BCUT2D eigenvalue weighted by atomic mass is 9.90. The van der Waals surface area contributed by atoms with E-state index in [-0.39, 0.29) is 17.3 Å². The molecule has 6 rings (SSSR count). The number of morpholine rings is 1. The van der Waals surface area contributed by atoms with Gasteiger partial charge in [0.05, 0.1) is 41.4 Å². The van der Waals surface area contributed by atoms with E-state index in [1.54, 1.807) is 17.7 Å². The van der Waals surface area contributed by atoms with Crippen LogP contribution in [0.15, 0.2) is 40.1 Å². The third-order valence-corrected chi connectivity index (χ3v) is 9.28. The molecule has 1 N–H and O–H groups in total. The highest BCUT2D eigenvalue weighted by molar-refractivity contribution is 9.10. The molecule has 192 valence electrons. The number of thioether (sulfide) groups is 1. The first kappa shape index (κ1) is 25.0. The first-order valence-electron chi connectivity index (χ1n) is 12.1. The van der Waals surface area contributed by atoms with E-state index < -0.39 is 0 Å². The first-order chi connectivity index (χ1) is 17.9. The minimum absolute atomic E-state index is 0.0794. The summed E-state index contributed by atoms with van der Waals surface area (Å²) in [7, 11) is 0. The van der Waals surface area contributed by atoms with Crippen LogP contribution in [-0.4, -0.2) is 58.5 Å². The van der Waals surface area contributed by atoms with E-state index in [0.29, 0.717) is 19.8 Å². The Kier molecular flexibility index (Phi) is 6.83. The lowest BCUT2D eigenvalue weighted by molar-refractivity contribution is -0.113. The Labute approximate surface area is 231 Å². The Morgan fingerprint density at radius 1 is 1.19 bits per heavy atom. The SMILES string of the molecule is CC1(C)Cc2c(c(N3CCOCC3)nc3sc4c(SCC(=O)Nc5ccc(Br)cc5)ncnc4c23)CO1. The number of hydrogen-bond acceptors (Lipinski definition) is 9. The summed E-state index contributed by atoms with van der Waals surface area (Å²) in [5.41, 5.74) is 3.81. The Morgan fingerprint density at radius 2 is 1.97 bits per heavy atom. The predicted octanol–water partition coefficient (Wildman–Crippen LogP) is 5.42. The van der Waals surface area contributed by atoms with E-state index in [1.165, 1.54) is 17.3 Å². The zero-order chi connectivity index (χ0) is 25.6. The molecule has 1 fully saturated rings. The summed E-state index contributed by atoms with van der Waals surface area (Å²) >= 11 is 6.44. The normalized spacial score (nSPS) is 17.2. The number of fused-ring (bicyclic) bond motifs is 5. The first-order valence-corrected chi connectivity index (χ1v) is 14.7. The van der Waals surface area contributed by atoms with Gasteiger partial charge in [-0.1, -0.05) is 27.7 Å². The summed E-state index contributed by atoms with van der Waals surface area (Å²) in [6.07, 6.45) is 2.38. The van der Waals surface area contributed by atoms with Crippen molar-refractivity contribution in [2.75, 3.05) is 42.3 Å². The lowest BCUT2D eigenvalue weighted by Gasteiger charge is -2.36. The van der Waals surface area contributed by atoms with Crippen LogP contribution in [0.2, 0.25) is 0 Å². The molecule has 4 aromatic rings. The molecule has 0 unspecified atom stereocenters. The third kappa shape index (κ3) is 5.07. The molecule has 2 aliphatic heterocycles. The molecule has 11 heteroatoms. The molecule has 1 aromatic carbocycles. The molecule has 2 aliphatic rings. The number of nitrogens with one attached hydrogen (secondary N) is 1. The smallest absolute Gasteiger partial charge is 0.234 e. The summed E-state index contributed by atoms with van der Waals surface area (Å²) < 4.78 is 13.7. The second-order valence-electron chi connectivity index (χ2n) is 9.70. The average molecular weight is 601 g/mol. The van der Waals surface area contributed by atoms with Gasteiger partial charge in [0.15, 0.2) is 0 Å². The van der Waals surface area contributed by atoms with Gasteiger partial charge in [0.1, 0.15) is 22.0 Å². The summed E-state index contributed by atoms with van der Waals surface area (Å²) in [5.74, 6) is 1.16. The van der Waals surface area contributed by atoms with E-state index in [4.69, 9.17) is 19.4 Å². The number of carbonyl (C=O) groups excluding carboxylic acids is 1. The molecule has 0 radical (unpaired) electrons. The molecule has 0 bridgehead atoms. The summed E-state index contributed by atoms with van der Waals surface area (Å²) in [4.78, 5) is 30.3. The molecule has 3 aromatic heterocycles. The zero-order valence-corrected chi connectivity index (χ0v) is 23.8. The van der Waals surface area contributed by atoms with Crippen LogP contribution in [0.5, 0.6) is 0 Å². The number of anilines is 2. The minimum Gasteiger partial charge on any atom is -0.378 e. The van der Waals surface area contributed by atoms with E-state index in [0.717, 1.165) is 66.5 Å². The van der Waals surface area contributed by atoms with Gasteiger partial charge in [-0.2, -0.15) is 0 Å². The van der Waals surface area contributed by atoms with Crippen molar-refractivity contribution in [2.24, 2.45) is 0 Å². The van der Waals surface area contributed by atoms with Gasteiger partial charge >= 0.3 is 0 Å². The van der Waals surface area contributed by atoms with Gasteiger partial charge < -0.3 is 19.7 Å². The number of halogens is 1. The molecule has 37 heavy (non-hydrogen) atoms. The number of pyridine rings is 1. The second kappa shape index (κ2) is 10.1. The van der Waals surface area contributed by atoms with E-state index >= 15 is 0 Å². The number of aromatic nitrogens is 3. The largest absolute Gasteiger partial charge is 0.378 e.